The number of fused-ring (bicyclic) bond motifs is 3. The van der Waals surface area contributed by atoms with Gasteiger partial charge in [-0.15, -0.1) is 11.3 Å². The number of aryl methyl sites for hydroxylation is 2. The molecule has 0 fully saturated rings. The highest BCUT2D eigenvalue weighted by molar-refractivity contribution is 7.99. The number of carbonyl (C=O) groups is 2. The van der Waals surface area contributed by atoms with Crippen LogP contribution in [0.3, 0.4) is 0 Å². The minimum Gasteiger partial charge on any atom is -0.383 e. The molecule has 0 spiro atoms. The standard InChI is InChI=1S/C21H30N4O4S2/c1-13(2)8-10-25-19(27)17-14-6-4-5-7-15(14)31-18(17)24-21(25)30-12-16(26)23-20(28)22-9-11-29-3/h13H,4-12H2,1-3H3,(H2,22,23,26,28). The molecule has 8 nitrogen and oxygen atoms in total. The summed E-state index contributed by atoms with van der Waals surface area (Å²) in [5.74, 6) is 0.00802. The van der Waals surface area contributed by atoms with Crippen molar-refractivity contribution in [1.82, 2.24) is 20.2 Å². The van der Waals surface area contributed by atoms with Crippen LogP contribution in [0, 0.1) is 5.92 Å². The van der Waals surface area contributed by atoms with Gasteiger partial charge >= 0.3 is 6.03 Å². The predicted molar refractivity (Wildman–Crippen MR) is 124 cm³/mol. The van der Waals surface area contributed by atoms with Crippen LogP contribution >= 0.6 is 23.1 Å². The van der Waals surface area contributed by atoms with Gasteiger partial charge in [-0.05, 0) is 43.6 Å². The van der Waals surface area contributed by atoms with Crippen molar-refractivity contribution in [1.29, 1.82) is 0 Å². The van der Waals surface area contributed by atoms with Gasteiger partial charge in [-0.3, -0.25) is 19.5 Å². The van der Waals surface area contributed by atoms with Crippen molar-refractivity contribution in [3.05, 3.63) is 20.8 Å². The molecule has 0 saturated heterocycles. The Morgan fingerprint density at radius 3 is 2.81 bits per heavy atom. The van der Waals surface area contributed by atoms with Gasteiger partial charge in [0.2, 0.25) is 5.91 Å². The maximum atomic E-state index is 13.4. The molecule has 31 heavy (non-hydrogen) atoms. The Bertz CT molecular complexity index is 999. The van der Waals surface area contributed by atoms with Crippen LogP contribution in [0.1, 0.15) is 43.6 Å². The van der Waals surface area contributed by atoms with Crippen LogP contribution in [0.4, 0.5) is 4.79 Å². The molecule has 2 N–H and O–H groups in total. The lowest BCUT2D eigenvalue weighted by Gasteiger charge is -2.14. The summed E-state index contributed by atoms with van der Waals surface area (Å²) in [7, 11) is 1.54. The van der Waals surface area contributed by atoms with Crippen molar-refractivity contribution in [2.24, 2.45) is 5.92 Å². The molecule has 3 amide bonds. The summed E-state index contributed by atoms with van der Waals surface area (Å²) in [6.45, 7) is 5.48. The minimum absolute atomic E-state index is 0.00239. The van der Waals surface area contributed by atoms with E-state index in [1.807, 2.05) is 0 Å². The Labute approximate surface area is 190 Å². The van der Waals surface area contributed by atoms with Gasteiger partial charge in [0.05, 0.1) is 17.7 Å². The van der Waals surface area contributed by atoms with E-state index in [1.54, 1.807) is 15.9 Å². The second-order valence-corrected chi connectivity index (χ2v) is 10.0. The predicted octanol–water partition coefficient (Wildman–Crippen LogP) is 2.95. The third-order valence-electron chi connectivity index (χ3n) is 5.15. The number of aromatic nitrogens is 2. The molecule has 2 aromatic rings. The van der Waals surface area contributed by atoms with Crippen LogP contribution in [-0.4, -0.2) is 47.5 Å². The van der Waals surface area contributed by atoms with E-state index in [2.05, 4.69) is 24.5 Å². The maximum absolute atomic E-state index is 13.4. The third kappa shape index (κ3) is 6.08. The zero-order chi connectivity index (χ0) is 22.4. The van der Waals surface area contributed by atoms with Gasteiger partial charge in [0.15, 0.2) is 5.16 Å². The Balaban J connectivity index is 1.79. The number of hydrogen-bond donors (Lipinski definition) is 2. The molecular weight excluding hydrogens is 436 g/mol. The van der Waals surface area contributed by atoms with E-state index in [1.165, 1.54) is 29.3 Å². The van der Waals surface area contributed by atoms with Gasteiger partial charge in [-0.1, -0.05) is 25.6 Å². The Morgan fingerprint density at radius 2 is 2.06 bits per heavy atom. The summed E-state index contributed by atoms with van der Waals surface area (Å²) >= 11 is 2.80. The summed E-state index contributed by atoms with van der Waals surface area (Å²) in [6.07, 6.45) is 5.04. The number of urea groups is 1. The van der Waals surface area contributed by atoms with E-state index in [0.29, 0.717) is 30.8 Å². The second kappa shape index (κ2) is 11.1. The summed E-state index contributed by atoms with van der Waals surface area (Å²) in [5, 5.41) is 6.13. The molecule has 10 heteroatoms. The lowest BCUT2D eigenvalue weighted by Crippen LogP contribution is -2.41. The number of thioether (sulfide) groups is 1. The van der Waals surface area contributed by atoms with Crippen molar-refractivity contribution in [3.8, 4) is 0 Å². The Hall–Kier alpha value is -1.91. The first-order valence-corrected chi connectivity index (χ1v) is 12.5. The number of rotatable bonds is 9. The number of thiophene rings is 1. The highest BCUT2D eigenvalue weighted by atomic mass is 32.2. The van der Waals surface area contributed by atoms with Crippen LogP contribution in [0.5, 0.6) is 0 Å². The lowest BCUT2D eigenvalue weighted by molar-refractivity contribution is -0.117. The first-order valence-electron chi connectivity index (χ1n) is 10.6. The number of nitrogens with one attached hydrogen (secondary N) is 2. The van der Waals surface area contributed by atoms with Crippen molar-refractivity contribution in [3.63, 3.8) is 0 Å². The fraction of sp³-hybridized carbons (Fsp3) is 0.619. The molecule has 1 aliphatic carbocycles. The first-order chi connectivity index (χ1) is 14.9. The van der Waals surface area contributed by atoms with Crippen molar-refractivity contribution in [2.75, 3.05) is 26.0 Å². The lowest BCUT2D eigenvalue weighted by atomic mass is 9.97. The van der Waals surface area contributed by atoms with E-state index < -0.39 is 11.9 Å². The van der Waals surface area contributed by atoms with Gasteiger partial charge < -0.3 is 10.1 Å². The first kappa shape index (κ1) is 23.7. The monoisotopic (exact) mass is 466 g/mol. The van der Waals surface area contributed by atoms with Crippen LogP contribution in [-0.2, 0) is 28.9 Å². The van der Waals surface area contributed by atoms with Crippen LogP contribution in [0.2, 0.25) is 0 Å². The molecule has 0 bridgehead atoms. The Morgan fingerprint density at radius 1 is 1.29 bits per heavy atom. The molecule has 0 radical (unpaired) electrons. The summed E-state index contributed by atoms with van der Waals surface area (Å²) in [4.78, 5) is 44.2. The summed E-state index contributed by atoms with van der Waals surface area (Å²) < 4.78 is 6.57. The quantitative estimate of drug-likeness (QED) is 0.335. The molecule has 2 heterocycles. The van der Waals surface area contributed by atoms with E-state index >= 15 is 0 Å². The van der Waals surface area contributed by atoms with E-state index in [4.69, 9.17) is 9.72 Å². The summed E-state index contributed by atoms with van der Waals surface area (Å²) in [5.41, 5.74) is 1.16. The molecule has 0 saturated carbocycles. The second-order valence-electron chi connectivity index (χ2n) is 8.01. The number of imide groups is 1. The van der Waals surface area contributed by atoms with Gasteiger partial charge in [0.25, 0.3) is 5.56 Å². The van der Waals surface area contributed by atoms with Crippen molar-refractivity contribution in [2.45, 2.75) is 57.7 Å². The number of carbonyl (C=O) groups excluding carboxylic acids is 2. The SMILES string of the molecule is COCCNC(=O)NC(=O)CSc1nc2sc3c(c2c(=O)n1CCC(C)C)CCCC3. The fourth-order valence-corrected chi connectivity index (χ4v) is 5.65. The molecule has 3 rings (SSSR count). The number of nitrogens with zero attached hydrogens (tertiary/aromatic N) is 2. The van der Waals surface area contributed by atoms with Gasteiger partial charge in [-0.2, -0.15) is 0 Å². The maximum Gasteiger partial charge on any atom is 0.321 e. The zero-order valence-corrected chi connectivity index (χ0v) is 19.9. The minimum atomic E-state index is -0.561. The van der Waals surface area contributed by atoms with Crippen LogP contribution in [0.25, 0.3) is 10.2 Å². The fourth-order valence-electron chi connectivity index (χ4n) is 3.52. The number of amides is 3. The smallest absolute Gasteiger partial charge is 0.321 e. The third-order valence-corrected chi connectivity index (χ3v) is 7.31. The molecule has 0 aromatic carbocycles. The van der Waals surface area contributed by atoms with Gasteiger partial charge in [0, 0.05) is 25.1 Å². The van der Waals surface area contributed by atoms with Crippen LogP contribution in [0.15, 0.2) is 9.95 Å². The van der Waals surface area contributed by atoms with Gasteiger partial charge in [-0.25, -0.2) is 9.78 Å². The largest absolute Gasteiger partial charge is 0.383 e. The molecule has 0 atom stereocenters. The normalized spacial score (nSPS) is 13.4. The number of methoxy groups -OCH3 is 1. The van der Waals surface area contributed by atoms with E-state index in [-0.39, 0.29) is 11.3 Å². The molecule has 0 aliphatic heterocycles. The highest BCUT2D eigenvalue weighted by Crippen LogP contribution is 2.34. The summed E-state index contributed by atoms with van der Waals surface area (Å²) in [6, 6.07) is -0.561. The van der Waals surface area contributed by atoms with Gasteiger partial charge in [0.1, 0.15) is 4.83 Å². The molecular formula is C21H30N4O4S2. The topological polar surface area (TPSA) is 102 Å². The average molecular weight is 467 g/mol. The molecule has 0 unspecified atom stereocenters. The van der Waals surface area contributed by atoms with E-state index in [9.17, 15) is 14.4 Å². The molecule has 1 aliphatic rings. The zero-order valence-electron chi connectivity index (χ0n) is 18.3. The molecule has 170 valence electrons. The van der Waals surface area contributed by atoms with Crippen LogP contribution < -0.4 is 16.2 Å². The Kier molecular flexibility index (Phi) is 8.50. The number of hydrogen-bond acceptors (Lipinski definition) is 7. The number of ether oxygens (including phenoxy) is 1. The average Bonchev–Trinajstić information content (AvgIpc) is 3.10. The highest BCUT2D eigenvalue weighted by Gasteiger charge is 2.22. The van der Waals surface area contributed by atoms with Crippen molar-refractivity contribution >= 4 is 45.3 Å². The van der Waals surface area contributed by atoms with E-state index in [0.717, 1.165) is 42.3 Å². The molecule has 2 aromatic heterocycles. The van der Waals surface area contributed by atoms with Crippen molar-refractivity contribution < 1.29 is 14.3 Å².